The molecule has 1 heterocycles. The highest BCUT2D eigenvalue weighted by molar-refractivity contribution is 7.10. The van der Waals surface area contributed by atoms with Crippen molar-refractivity contribution in [3.05, 3.63) is 21.3 Å². The molecule has 16 heavy (non-hydrogen) atoms. The summed E-state index contributed by atoms with van der Waals surface area (Å²) in [5.74, 6) is 0. The predicted octanol–water partition coefficient (Wildman–Crippen LogP) is 4.36. The largest absolute Gasteiger partial charge is 0.317 e. The zero-order valence-electron chi connectivity index (χ0n) is 10.5. The third kappa shape index (κ3) is 4.86. The molecule has 0 aliphatic carbocycles. The van der Waals surface area contributed by atoms with Crippen LogP contribution in [-0.4, -0.2) is 13.1 Å². The maximum absolute atomic E-state index is 6.09. The second-order valence-corrected chi connectivity index (χ2v) is 6.37. The monoisotopic (exact) mass is 259 g/mol. The van der Waals surface area contributed by atoms with Gasteiger partial charge in [-0.1, -0.05) is 32.4 Å². The fourth-order valence-corrected chi connectivity index (χ4v) is 2.82. The van der Waals surface area contributed by atoms with E-state index in [2.05, 4.69) is 31.5 Å². The number of nitrogens with one attached hydrogen (secondary N) is 1. The number of thiophene rings is 1. The van der Waals surface area contributed by atoms with Gasteiger partial charge in [0, 0.05) is 4.88 Å². The van der Waals surface area contributed by atoms with Gasteiger partial charge in [0.25, 0.3) is 0 Å². The van der Waals surface area contributed by atoms with Crippen LogP contribution in [-0.2, 0) is 6.42 Å². The van der Waals surface area contributed by atoms with Crippen LogP contribution in [0.2, 0.25) is 5.02 Å². The lowest BCUT2D eigenvalue weighted by atomic mass is 9.84. The summed E-state index contributed by atoms with van der Waals surface area (Å²) in [6, 6.07) is 1.99. The molecule has 92 valence electrons. The summed E-state index contributed by atoms with van der Waals surface area (Å²) in [6.07, 6.45) is 3.54. The summed E-state index contributed by atoms with van der Waals surface area (Å²) in [5, 5.41) is 6.40. The minimum Gasteiger partial charge on any atom is -0.317 e. The van der Waals surface area contributed by atoms with Crippen LogP contribution in [0.5, 0.6) is 0 Å². The van der Waals surface area contributed by atoms with Crippen molar-refractivity contribution in [1.82, 2.24) is 5.32 Å². The third-order valence-corrected chi connectivity index (χ3v) is 4.40. The van der Waals surface area contributed by atoms with E-state index >= 15 is 0 Å². The Hall–Kier alpha value is -0.0500. The second kappa shape index (κ2) is 6.63. The Kier molecular flexibility index (Phi) is 5.81. The second-order valence-electron chi connectivity index (χ2n) is 4.96. The lowest BCUT2D eigenvalue weighted by molar-refractivity contribution is 0.304. The molecule has 0 amide bonds. The molecule has 0 saturated carbocycles. The molecular weight excluding hydrogens is 238 g/mol. The normalized spacial score (nSPS) is 12.0. The van der Waals surface area contributed by atoms with Crippen LogP contribution < -0.4 is 5.32 Å². The fraction of sp³-hybridized carbons (Fsp3) is 0.692. The number of hydrogen-bond acceptors (Lipinski definition) is 2. The van der Waals surface area contributed by atoms with Gasteiger partial charge in [-0.15, -0.1) is 11.3 Å². The molecule has 1 aromatic rings. The molecule has 1 nitrogen and oxygen atoms in total. The Morgan fingerprint density at radius 3 is 2.69 bits per heavy atom. The minimum absolute atomic E-state index is 0.398. The number of aryl methyl sites for hydroxylation is 1. The first-order valence-electron chi connectivity index (χ1n) is 5.98. The van der Waals surface area contributed by atoms with E-state index in [0.717, 1.165) is 24.5 Å². The van der Waals surface area contributed by atoms with Crippen molar-refractivity contribution < 1.29 is 0 Å². The zero-order chi connectivity index (χ0) is 12.0. The summed E-state index contributed by atoms with van der Waals surface area (Å²) >= 11 is 7.86. The van der Waals surface area contributed by atoms with Crippen molar-refractivity contribution in [2.24, 2.45) is 5.41 Å². The van der Waals surface area contributed by atoms with E-state index in [-0.39, 0.29) is 0 Å². The zero-order valence-corrected chi connectivity index (χ0v) is 12.0. The lowest BCUT2D eigenvalue weighted by Gasteiger charge is -2.24. The van der Waals surface area contributed by atoms with Crippen LogP contribution in [0.4, 0.5) is 0 Å². The number of rotatable bonds is 7. The van der Waals surface area contributed by atoms with Crippen LogP contribution in [0.3, 0.4) is 0 Å². The average molecular weight is 260 g/mol. The SMILES string of the molecule is CCNCCC(C)(C)CCc1sccc1Cl. The Bertz CT molecular complexity index is 307. The van der Waals surface area contributed by atoms with E-state index in [1.54, 1.807) is 11.3 Å². The van der Waals surface area contributed by atoms with Crippen LogP contribution in [0.15, 0.2) is 11.4 Å². The highest BCUT2D eigenvalue weighted by Crippen LogP contribution is 2.30. The molecule has 0 unspecified atom stereocenters. The standard InChI is InChI=1S/C13H22ClNS/c1-4-15-9-8-13(2,3)7-5-12-11(14)6-10-16-12/h6,10,15H,4-5,7-9H2,1-3H3. The van der Waals surface area contributed by atoms with Crippen LogP contribution in [0.25, 0.3) is 0 Å². The Balaban J connectivity index is 2.33. The van der Waals surface area contributed by atoms with E-state index in [0.29, 0.717) is 5.41 Å². The van der Waals surface area contributed by atoms with Crippen molar-refractivity contribution in [2.75, 3.05) is 13.1 Å². The van der Waals surface area contributed by atoms with E-state index in [4.69, 9.17) is 11.6 Å². The smallest absolute Gasteiger partial charge is 0.0544 e. The fourth-order valence-electron chi connectivity index (χ4n) is 1.68. The van der Waals surface area contributed by atoms with Crippen LogP contribution >= 0.6 is 22.9 Å². The molecule has 3 heteroatoms. The van der Waals surface area contributed by atoms with Gasteiger partial charge < -0.3 is 5.32 Å². The van der Waals surface area contributed by atoms with Gasteiger partial charge in [0.2, 0.25) is 0 Å². The maximum atomic E-state index is 6.09. The third-order valence-electron chi connectivity index (χ3n) is 2.95. The maximum Gasteiger partial charge on any atom is 0.0544 e. The van der Waals surface area contributed by atoms with Crippen LogP contribution in [0.1, 0.15) is 38.5 Å². The van der Waals surface area contributed by atoms with Gasteiger partial charge in [-0.25, -0.2) is 0 Å². The Morgan fingerprint density at radius 2 is 2.12 bits per heavy atom. The topological polar surface area (TPSA) is 12.0 Å². The Labute approximate surface area is 108 Å². The Morgan fingerprint density at radius 1 is 1.38 bits per heavy atom. The van der Waals surface area contributed by atoms with Gasteiger partial charge in [0.05, 0.1) is 5.02 Å². The van der Waals surface area contributed by atoms with Crippen molar-refractivity contribution in [1.29, 1.82) is 0 Å². The number of halogens is 1. The van der Waals surface area contributed by atoms with Crippen molar-refractivity contribution >= 4 is 22.9 Å². The molecule has 1 N–H and O–H groups in total. The van der Waals surface area contributed by atoms with Crippen molar-refractivity contribution in [2.45, 2.75) is 40.0 Å². The van der Waals surface area contributed by atoms with Crippen molar-refractivity contribution in [3.8, 4) is 0 Å². The molecule has 0 bridgehead atoms. The van der Waals surface area contributed by atoms with Gasteiger partial charge in [0.1, 0.15) is 0 Å². The molecular formula is C13H22ClNS. The van der Waals surface area contributed by atoms with Gasteiger partial charge in [0.15, 0.2) is 0 Å². The lowest BCUT2D eigenvalue weighted by Crippen LogP contribution is -2.22. The molecule has 0 aromatic carbocycles. The molecule has 0 aliphatic heterocycles. The van der Waals surface area contributed by atoms with E-state index in [1.165, 1.54) is 17.7 Å². The van der Waals surface area contributed by atoms with Gasteiger partial charge in [-0.2, -0.15) is 0 Å². The van der Waals surface area contributed by atoms with Gasteiger partial charge >= 0.3 is 0 Å². The molecule has 1 aromatic heterocycles. The summed E-state index contributed by atoms with van der Waals surface area (Å²) < 4.78 is 0. The van der Waals surface area contributed by atoms with E-state index in [1.807, 2.05) is 6.07 Å². The predicted molar refractivity (Wildman–Crippen MR) is 74.6 cm³/mol. The van der Waals surface area contributed by atoms with E-state index < -0.39 is 0 Å². The molecule has 0 fully saturated rings. The van der Waals surface area contributed by atoms with Gasteiger partial charge in [-0.05, 0) is 49.2 Å². The van der Waals surface area contributed by atoms with Crippen molar-refractivity contribution in [3.63, 3.8) is 0 Å². The molecule has 0 radical (unpaired) electrons. The first-order chi connectivity index (χ1) is 7.55. The highest BCUT2D eigenvalue weighted by atomic mass is 35.5. The summed E-state index contributed by atoms with van der Waals surface area (Å²) in [4.78, 5) is 1.33. The van der Waals surface area contributed by atoms with Crippen LogP contribution in [0, 0.1) is 5.41 Å². The highest BCUT2D eigenvalue weighted by Gasteiger charge is 2.17. The molecule has 0 atom stereocenters. The first-order valence-corrected chi connectivity index (χ1v) is 7.23. The molecule has 0 saturated heterocycles. The average Bonchev–Trinajstić information content (AvgIpc) is 2.62. The number of hydrogen-bond donors (Lipinski definition) is 1. The summed E-state index contributed by atoms with van der Waals surface area (Å²) in [5.41, 5.74) is 0.398. The van der Waals surface area contributed by atoms with Gasteiger partial charge in [-0.3, -0.25) is 0 Å². The summed E-state index contributed by atoms with van der Waals surface area (Å²) in [7, 11) is 0. The summed E-state index contributed by atoms with van der Waals surface area (Å²) in [6.45, 7) is 9.00. The van der Waals surface area contributed by atoms with E-state index in [9.17, 15) is 0 Å². The minimum atomic E-state index is 0.398. The molecule has 1 rings (SSSR count). The first kappa shape index (κ1) is 14.0. The molecule has 0 spiro atoms. The molecule has 0 aliphatic rings. The quantitative estimate of drug-likeness (QED) is 0.718.